The lowest BCUT2D eigenvalue weighted by molar-refractivity contribution is -0.116. The first kappa shape index (κ1) is 13.8. The minimum absolute atomic E-state index is 0.0344. The first-order valence-corrected chi connectivity index (χ1v) is 6.72. The number of aromatic hydroxyl groups is 1. The summed E-state index contributed by atoms with van der Waals surface area (Å²) in [4.78, 5) is 12.6. The van der Waals surface area contributed by atoms with Crippen LogP contribution in [0, 0.1) is 0 Å². The molecule has 0 aliphatic heterocycles. The summed E-state index contributed by atoms with van der Waals surface area (Å²) in [7, 11) is 0. The van der Waals surface area contributed by atoms with Crippen molar-refractivity contribution in [3.8, 4) is 11.4 Å². The van der Waals surface area contributed by atoms with Gasteiger partial charge in [0, 0.05) is 12.1 Å². The van der Waals surface area contributed by atoms with E-state index in [4.69, 9.17) is 0 Å². The molecule has 110 valence electrons. The molecule has 1 aromatic heterocycles. The van der Waals surface area contributed by atoms with Gasteiger partial charge in [-0.2, -0.15) is 0 Å². The Labute approximate surface area is 126 Å². The molecule has 0 aliphatic rings. The summed E-state index contributed by atoms with van der Waals surface area (Å²) in [6.07, 6.45) is 1.18. The van der Waals surface area contributed by atoms with Crippen molar-refractivity contribution < 1.29 is 9.90 Å². The molecule has 3 aromatic rings. The van der Waals surface area contributed by atoms with Gasteiger partial charge in [-0.3, -0.25) is 4.79 Å². The highest BCUT2D eigenvalue weighted by Gasteiger charge is 2.12. The van der Waals surface area contributed by atoms with E-state index in [1.165, 1.54) is 10.9 Å². The van der Waals surface area contributed by atoms with Crippen molar-refractivity contribution in [1.29, 1.82) is 0 Å². The third kappa shape index (κ3) is 2.54. The number of hydrogen-bond donors (Lipinski definition) is 2. The van der Waals surface area contributed by atoms with Crippen LogP contribution in [0.4, 0.5) is 0 Å². The van der Waals surface area contributed by atoms with Gasteiger partial charge in [0.1, 0.15) is 22.5 Å². The van der Waals surface area contributed by atoms with E-state index in [0.29, 0.717) is 11.3 Å². The number of hydrogen-bond acceptors (Lipinski definition) is 4. The third-order valence-electron chi connectivity index (χ3n) is 3.24. The van der Waals surface area contributed by atoms with Gasteiger partial charge in [0.15, 0.2) is 0 Å². The van der Waals surface area contributed by atoms with Crippen molar-refractivity contribution in [3.05, 3.63) is 60.7 Å². The molecule has 1 amide bonds. The second-order valence-corrected chi connectivity index (χ2v) is 4.68. The molecule has 0 fully saturated rings. The van der Waals surface area contributed by atoms with Crippen molar-refractivity contribution in [1.82, 2.24) is 20.3 Å². The number of fused-ring (bicyclic) bond motifs is 1. The number of phenols is 1. The summed E-state index contributed by atoms with van der Waals surface area (Å²) in [5, 5.41) is 21.7. The molecule has 0 atom stereocenters. The van der Waals surface area contributed by atoms with E-state index in [0.717, 1.165) is 11.0 Å². The molecular formula is C16H14N4O2. The molecule has 1 heterocycles. The molecule has 0 bridgehead atoms. The molecule has 6 nitrogen and oxygen atoms in total. The summed E-state index contributed by atoms with van der Waals surface area (Å²) in [5.41, 5.74) is 2.52. The van der Waals surface area contributed by atoms with Crippen LogP contribution in [-0.2, 0) is 11.3 Å². The maximum absolute atomic E-state index is 11.2. The van der Waals surface area contributed by atoms with Crippen molar-refractivity contribution in [2.24, 2.45) is 0 Å². The second kappa shape index (κ2) is 5.69. The van der Waals surface area contributed by atoms with Crippen LogP contribution in [0.1, 0.15) is 5.56 Å². The van der Waals surface area contributed by atoms with E-state index in [9.17, 15) is 9.90 Å². The Bertz CT molecular complexity index is 821. The summed E-state index contributed by atoms with van der Waals surface area (Å²) in [6.45, 7) is 3.59. The highest BCUT2D eigenvalue weighted by molar-refractivity contribution is 5.86. The van der Waals surface area contributed by atoms with Crippen LogP contribution in [0.2, 0.25) is 0 Å². The van der Waals surface area contributed by atoms with Crippen LogP contribution in [-0.4, -0.2) is 26.0 Å². The number of nitrogens with zero attached hydrogens (tertiary/aromatic N) is 3. The maximum Gasteiger partial charge on any atom is 0.243 e. The Hall–Kier alpha value is -3.15. The van der Waals surface area contributed by atoms with E-state index in [1.54, 1.807) is 18.2 Å². The lowest BCUT2D eigenvalue weighted by atomic mass is 10.1. The van der Waals surface area contributed by atoms with Crippen LogP contribution in [0.15, 0.2) is 55.1 Å². The molecule has 6 heteroatoms. The van der Waals surface area contributed by atoms with Gasteiger partial charge in [0.25, 0.3) is 0 Å². The molecule has 3 rings (SSSR count). The number of carbonyl (C=O) groups is 1. The van der Waals surface area contributed by atoms with Gasteiger partial charge in [-0.1, -0.05) is 30.8 Å². The number of phenolic OH excluding ortho intramolecular Hbond substituents is 1. The third-order valence-corrected chi connectivity index (χ3v) is 3.24. The topological polar surface area (TPSA) is 80.0 Å². The lowest BCUT2D eigenvalue weighted by Crippen LogP contribution is -2.20. The fourth-order valence-corrected chi connectivity index (χ4v) is 2.10. The highest BCUT2D eigenvalue weighted by atomic mass is 16.3. The monoisotopic (exact) mass is 294 g/mol. The zero-order chi connectivity index (χ0) is 15.5. The second-order valence-electron chi connectivity index (χ2n) is 4.68. The van der Waals surface area contributed by atoms with Crippen LogP contribution < -0.4 is 5.32 Å². The van der Waals surface area contributed by atoms with Crippen LogP contribution in [0.3, 0.4) is 0 Å². The normalized spacial score (nSPS) is 10.5. The minimum Gasteiger partial charge on any atom is -0.505 e. The molecule has 0 aliphatic carbocycles. The number of aromatic nitrogens is 3. The Morgan fingerprint density at radius 2 is 1.86 bits per heavy atom. The van der Waals surface area contributed by atoms with E-state index in [2.05, 4.69) is 22.1 Å². The maximum atomic E-state index is 11.2. The van der Waals surface area contributed by atoms with Gasteiger partial charge in [0.2, 0.25) is 5.91 Å². The Kier molecular flexibility index (Phi) is 3.57. The zero-order valence-electron chi connectivity index (χ0n) is 11.7. The standard InChI is InChI=1S/C16H14N4O2/c1-2-15(21)17-10-11-6-5-9-14(16(11)22)20-18-12-7-3-4-8-13(12)19-20/h2-9,22H,1,10H2,(H,17,21). The molecule has 0 radical (unpaired) electrons. The molecule has 0 unspecified atom stereocenters. The molecular weight excluding hydrogens is 280 g/mol. The van der Waals surface area contributed by atoms with Gasteiger partial charge in [-0.25, -0.2) is 0 Å². The summed E-state index contributed by atoms with van der Waals surface area (Å²) >= 11 is 0. The van der Waals surface area contributed by atoms with Crippen molar-refractivity contribution in [3.63, 3.8) is 0 Å². The predicted octanol–water partition coefficient (Wildman–Crippen LogP) is 1.93. The van der Waals surface area contributed by atoms with Gasteiger partial charge in [-0.05, 0) is 24.3 Å². The van der Waals surface area contributed by atoms with Crippen LogP contribution >= 0.6 is 0 Å². The zero-order valence-corrected chi connectivity index (χ0v) is 11.7. The fourth-order valence-electron chi connectivity index (χ4n) is 2.10. The Balaban J connectivity index is 1.97. The minimum atomic E-state index is -0.298. The number of amides is 1. The first-order chi connectivity index (χ1) is 10.7. The fraction of sp³-hybridized carbons (Fsp3) is 0.0625. The van der Waals surface area contributed by atoms with E-state index in [-0.39, 0.29) is 18.2 Å². The van der Waals surface area contributed by atoms with Gasteiger partial charge >= 0.3 is 0 Å². The largest absolute Gasteiger partial charge is 0.505 e. The van der Waals surface area contributed by atoms with Crippen LogP contribution in [0.5, 0.6) is 5.75 Å². The summed E-state index contributed by atoms with van der Waals surface area (Å²) in [5.74, 6) is -0.264. The molecule has 22 heavy (non-hydrogen) atoms. The molecule has 2 aromatic carbocycles. The Morgan fingerprint density at radius 3 is 2.50 bits per heavy atom. The van der Waals surface area contributed by atoms with Gasteiger partial charge in [-0.15, -0.1) is 15.0 Å². The van der Waals surface area contributed by atoms with Crippen molar-refractivity contribution in [2.45, 2.75) is 6.54 Å². The summed E-state index contributed by atoms with van der Waals surface area (Å²) in [6, 6.07) is 12.7. The Morgan fingerprint density at radius 1 is 1.18 bits per heavy atom. The average molecular weight is 294 g/mol. The summed E-state index contributed by atoms with van der Waals surface area (Å²) < 4.78 is 0. The predicted molar refractivity (Wildman–Crippen MR) is 82.6 cm³/mol. The van der Waals surface area contributed by atoms with Crippen LogP contribution in [0.25, 0.3) is 16.7 Å². The van der Waals surface area contributed by atoms with Gasteiger partial charge < -0.3 is 10.4 Å². The number of carbonyl (C=O) groups excluding carboxylic acids is 1. The van der Waals surface area contributed by atoms with E-state index in [1.807, 2.05) is 24.3 Å². The smallest absolute Gasteiger partial charge is 0.243 e. The number of para-hydroxylation sites is 1. The molecule has 2 N–H and O–H groups in total. The quantitative estimate of drug-likeness (QED) is 0.721. The average Bonchev–Trinajstić information content (AvgIpc) is 2.97. The number of rotatable bonds is 4. The van der Waals surface area contributed by atoms with Gasteiger partial charge in [0.05, 0.1) is 0 Å². The van der Waals surface area contributed by atoms with E-state index < -0.39 is 0 Å². The molecule has 0 saturated heterocycles. The SMILES string of the molecule is C=CC(=O)NCc1cccc(-n2nc3ccccc3n2)c1O. The van der Waals surface area contributed by atoms with E-state index >= 15 is 0 Å². The first-order valence-electron chi connectivity index (χ1n) is 6.72. The lowest BCUT2D eigenvalue weighted by Gasteiger charge is -2.09. The highest BCUT2D eigenvalue weighted by Crippen LogP contribution is 2.25. The molecule has 0 spiro atoms. The molecule has 0 saturated carbocycles. The number of nitrogens with one attached hydrogen (secondary N) is 1. The number of benzene rings is 2. The van der Waals surface area contributed by atoms with Crippen molar-refractivity contribution in [2.75, 3.05) is 0 Å². The van der Waals surface area contributed by atoms with Crippen molar-refractivity contribution >= 4 is 16.9 Å².